The van der Waals surface area contributed by atoms with E-state index in [0.717, 1.165) is 18.6 Å². The van der Waals surface area contributed by atoms with Crippen LogP contribution in [0.3, 0.4) is 0 Å². The molecular weight excluding hydrogens is 396 g/mol. The summed E-state index contributed by atoms with van der Waals surface area (Å²) in [7, 11) is 1.62. The number of hydrogen-bond donors (Lipinski definition) is 2. The summed E-state index contributed by atoms with van der Waals surface area (Å²) in [6.07, 6.45) is 2.83. The van der Waals surface area contributed by atoms with E-state index in [-0.39, 0.29) is 11.4 Å². The first-order chi connectivity index (χ1) is 14.9. The number of nitrogens with one attached hydrogen (secondary N) is 2. The minimum Gasteiger partial charge on any atom is -0.497 e. The monoisotopic (exact) mass is 424 g/mol. The minimum atomic E-state index is -0.230. The van der Waals surface area contributed by atoms with Crippen molar-refractivity contribution >= 4 is 22.8 Å². The Morgan fingerprint density at radius 3 is 2.55 bits per heavy atom. The molecule has 1 aliphatic carbocycles. The summed E-state index contributed by atoms with van der Waals surface area (Å²) in [5.74, 6) is 3.12. The lowest BCUT2D eigenvalue weighted by molar-refractivity contribution is 0.0947. The molecule has 2 heterocycles. The molecule has 8 nitrogen and oxygen atoms in total. The molecule has 4 rings (SSSR count). The number of amides is 1. The average Bonchev–Trinajstić information content (AvgIpc) is 3.39. The second-order valence-corrected chi connectivity index (χ2v) is 8.02. The summed E-state index contributed by atoms with van der Waals surface area (Å²) >= 11 is 0. The number of methoxy groups -OCH3 is 1. The summed E-state index contributed by atoms with van der Waals surface area (Å²) in [5.41, 5.74) is 0.918. The van der Waals surface area contributed by atoms with Crippen LogP contribution in [0.1, 0.15) is 48.6 Å². The van der Waals surface area contributed by atoms with Gasteiger partial charge in [0, 0.05) is 12.0 Å². The van der Waals surface area contributed by atoms with Crippen molar-refractivity contribution in [2.24, 2.45) is 0 Å². The molecule has 0 radical (unpaired) electrons. The Balaban J connectivity index is 1.48. The van der Waals surface area contributed by atoms with Gasteiger partial charge in [0.1, 0.15) is 35.5 Å². The predicted octanol–water partition coefficient (Wildman–Crippen LogP) is 3.88. The van der Waals surface area contributed by atoms with Crippen molar-refractivity contribution in [2.45, 2.75) is 45.6 Å². The molecule has 0 atom stereocenters. The highest BCUT2D eigenvalue weighted by atomic mass is 16.5. The van der Waals surface area contributed by atoms with Crippen LogP contribution in [0.4, 0.5) is 5.82 Å². The van der Waals surface area contributed by atoms with Gasteiger partial charge < -0.3 is 24.5 Å². The maximum atomic E-state index is 13.0. The van der Waals surface area contributed by atoms with E-state index in [2.05, 4.69) is 27.5 Å². The van der Waals surface area contributed by atoms with Gasteiger partial charge in [0.2, 0.25) is 5.71 Å². The fraction of sp³-hybridized carbons (Fsp3) is 0.435. The van der Waals surface area contributed by atoms with Gasteiger partial charge in [-0.2, -0.15) is 4.98 Å². The van der Waals surface area contributed by atoms with E-state index in [9.17, 15) is 4.79 Å². The molecule has 8 heteroatoms. The molecular formula is C23H28N4O4. The maximum absolute atomic E-state index is 13.0. The zero-order chi connectivity index (χ0) is 22.0. The van der Waals surface area contributed by atoms with Crippen molar-refractivity contribution in [3.8, 4) is 11.5 Å². The van der Waals surface area contributed by atoms with Crippen molar-refractivity contribution in [3.63, 3.8) is 0 Å². The number of furan rings is 1. The molecule has 1 aromatic carbocycles. The molecule has 2 aromatic heterocycles. The van der Waals surface area contributed by atoms with E-state index in [1.807, 2.05) is 31.2 Å². The summed E-state index contributed by atoms with van der Waals surface area (Å²) in [5, 5.41) is 7.04. The quantitative estimate of drug-likeness (QED) is 0.503. The van der Waals surface area contributed by atoms with Crippen LogP contribution in [0.15, 0.2) is 28.7 Å². The number of aromatic nitrogens is 2. The SMILES string of the molecule is CCc1nc(NC2(C)CC2)c2c(C(=O)NCCOc3ccc(OC)cc3)c(C)oc2n1. The van der Waals surface area contributed by atoms with Gasteiger partial charge in [-0.25, -0.2) is 4.98 Å². The number of ether oxygens (including phenoxy) is 2. The Morgan fingerprint density at radius 1 is 1.19 bits per heavy atom. The first-order valence-electron chi connectivity index (χ1n) is 10.6. The molecule has 1 saturated carbocycles. The number of hydrogen-bond acceptors (Lipinski definition) is 7. The Bertz CT molecular complexity index is 1090. The largest absolute Gasteiger partial charge is 0.497 e. The first kappa shape index (κ1) is 21.0. The van der Waals surface area contributed by atoms with Gasteiger partial charge in [-0.3, -0.25) is 4.79 Å². The highest BCUT2D eigenvalue weighted by Crippen LogP contribution is 2.40. The number of carbonyl (C=O) groups excluding carboxylic acids is 1. The van der Waals surface area contributed by atoms with Gasteiger partial charge in [0.25, 0.3) is 5.91 Å². The topological polar surface area (TPSA) is 98.5 Å². The normalized spacial score (nSPS) is 14.3. The molecule has 164 valence electrons. The van der Waals surface area contributed by atoms with Gasteiger partial charge in [-0.1, -0.05) is 6.92 Å². The smallest absolute Gasteiger partial charge is 0.255 e. The molecule has 1 aliphatic rings. The zero-order valence-corrected chi connectivity index (χ0v) is 18.4. The molecule has 0 spiro atoms. The Kier molecular flexibility index (Phi) is 5.71. The molecule has 0 bridgehead atoms. The zero-order valence-electron chi connectivity index (χ0n) is 18.4. The van der Waals surface area contributed by atoms with Gasteiger partial charge in [0.05, 0.1) is 24.6 Å². The number of benzene rings is 1. The average molecular weight is 425 g/mol. The van der Waals surface area contributed by atoms with E-state index in [1.165, 1.54) is 0 Å². The Morgan fingerprint density at radius 2 is 1.90 bits per heavy atom. The summed E-state index contributed by atoms with van der Waals surface area (Å²) in [6, 6.07) is 7.31. The number of nitrogens with zero attached hydrogens (tertiary/aromatic N) is 2. The number of fused-ring (bicyclic) bond motifs is 1. The predicted molar refractivity (Wildman–Crippen MR) is 118 cm³/mol. The van der Waals surface area contributed by atoms with E-state index in [4.69, 9.17) is 13.9 Å². The van der Waals surface area contributed by atoms with Crippen LogP contribution in [0.2, 0.25) is 0 Å². The highest BCUT2D eigenvalue weighted by Gasteiger charge is 2.38. The third-order valence-corrected chi connectivity index (χ3v) is 5.45. The molecule has 2 N–H and O–H groups in total. The van der Waals surface area contributed by atoms with Gasteiger partial charge >= 0.3 is 0 Å². The Hall–Kier alpha value is -3.29. The molecule has 0 unspecified atom stereocenters. The van der Waals surface area contributed by atoms with Crippen molar-refractivity contribution in [2.75, 3.05) is 25.6 Å². The summed E-state index contributed by atoms with van der Waals surface area (Å²) < 4.78 is 16.7. The lowest BCUT2D eigenvalue weighted by Gasteiger charge is -2.14. The van der Waals surface area contributed by atoms with Gasteiger partial charge in [-0.05, 0) is 51.0 Å². The Labute approximate surface area is 181 Å². The van der Waals surface area contributed by atoms with Crippen molar-refractivity contribution in [1.29, 1.82) is 0 Å². The van der Waals surface area contributed by atoms with Crippen LogP contribution >= 0.6 is 0 Å². The van der Waals surface area contributed by atoms with E-state index in [0.29, 0.717) is 59.4 Å². The second kappa shape index (κ2) is 8.45. The van der Waals surface area contributed by atoms with Gasteiger partial charge in [0.15, 0.2) is 0 Å². The number of anilines is 1. The third-order valence-electron chi connectivity index (χ3n) is 5.45. The molecule has 1 amide bonds. The maximum Gasteiger partial charge on any atom is 0.255 e. The van der Waals surface area contributed by atoms with Crippen molar-refractivity contribution in [1.82, 2.24) is 15.3 Å². The van der Waals surface area contributed by atoms with Gasteiger partial charge in [-0.15, -0.1) is 0 Å². The lowest BCUT2D eigenvalue weighted by atomic mass is 10.1. The van der Waals surface area contributed by atoms with Crippen LogP contribution in [-0.4, -0.2) is 41.7 Å². The minimum absolute atomic E-state index is 0.0113. The number of aryl methyl sites for hydroxylation is 2. The standard InChI is InChI=1S/C23H28N4O4/c1-5-17-25-20(27-23(3)10-11-23)19-18(14(2)31-22(19)26-17)21(28)24-12-13-30-16-8-6-15(29-4)7-9-16/h6-9H,5,10-13H2,1-4H3,(H,24,28)(H,25,26,27). The fourth-order valence-corrected chi connectivity index (χ4v) is 3.37. The molecule has 0 saturated heterocycles. The van der Waals surface area contributed by atoms with Crippen LogP contribution in [0.5, 0.6) is 11.5 Å². The van der Waals surface area contributed by atoms with Crippen LogP contribution in [0, 0.1) is 6.92 Å². The summed E-state index contributed by atoms with van der Waals surface area (Å²) in [4.78, 5) is 22.1. The van der Waals surface area contributed by atoms with E-state index < -0.39 is 0 Å². The molecule has 31 heavy (non-hydrogen) atoms. The number of rotatable bonds is 9. The molecule has 0 aliphatic heterocycles. The van der Waals surface area contributed by atoms with Crippen LogP contribution in [0.25, 0.3) is 11.1 Å². The van der Waals surface area contributed by atoms with Crippen molar-refractivity contribution < 1.29 is 18.7 Å². The summed E-state index contributed by atoms with van der Waals surface area (Å²) in [6.45, 7) is 6.61. The van der Waals surface area contributed by atoms with Crippen LogP contribution in [-0.2, 0) is 6.42 Å². The molecule has 3 aromatic rings. The lowest BCUT2D eigenvalue weighted by Crippen LogP contribution is -2.28. The highest BCUT2D eigenvalue weighted by molar-refractivity contribution is 6.10. The van der Waals surface area contributed by atoms with E-state index in [1.54, 1.807) is 14.0 Å². The van der Waals surface area contributed by atoms with Crippen LogP contribution < -0.4 is 20.1 Å². The number of carbonyl (C=O) groups is 1. The molecule has 1 fully saturated rings. The fourth-order valence-electron chi connectivity index (χ4n) is 3.37. The first-order valence-corrected chi connectivity index (χ1v) is 10.6. The second-order valence-electron chi connectivity index (χ2n) is 8.02. The van der Waals surface area contributed by atoms with E-state index >= 15 is 0 Å². The third kappa shape index (κ3) is 4.57. The van der Waals surface area contributed by atoms with Crippen molar-refractivity contribution in [3.05, 3.63) is 41.4 Å².